The van der Waals surface area contributed by atoms with Gasteiger partial charge in [-0.3, -0.25) is 4.98 Å². The Morgan fingerprint density at radius 1 is 1.35 bits per heavy atom. The lowest BCUT2D eigenvalue weighted by molar-refractivity contribution is 0.0803. The first-order valence-corrected chi connectivity index (χ1v) is 7.71. The second kappa shape index (κ2) is 4.29. The number of fused-ring (bicyclic) bond motifs is 2. The summed E-state index contributed by atoms with van der Waals surface area (Å²) in [5.41, 5.74) is 5.62. The summed E-state index contributed by atoms with van der Waals surface area (Å²) in [5, 5.41) is 1.35. The molecule has 0 radical (unpaired) electrons. The van der Waals surface area contributed by atoms with E-state index in [1.54, 1.807) is 0 Å². The van der Waals surface area contributed by atoms with Crippen molar-refractivity contribution in [3.8, 4) is 0 Å². The van der Waals surface area contributed by atoms with Gasteiger partial charge >= 0.3 is 0 Å². The van der Waals surface area contributed by atoms with E-state index in [0.717, 1.165) is 36.8 Å². The van der Waals surface area contributed by atoms with Gasteiger partial charge in [0.1, 0.15) is 0 Å². The molecule has 0 N–H and O–H groups in total. The first-order valence-electron chi connectivity index (χ1n) is 7.71. The van der Waals surface area contributed by atoms with E-state index in [-0.39, 0.29) is 0 Å². The van der Waals surface area contributed by atoms with Crippen molar-refractivity contribution in [3.63, 3.8) is 0 Å². The maximum atomic E-state index is 5.61. The monoisotopic (exact) mass is 267 g/mol. The lowest BCUT2D eigenvalue weighted by Crippen LogP contribution is -2.21. The van der Waals surface area contributed by atoms with Crippen molar-refractivity contribution >= 4 is 10.9 Å². The minimum atomic E-state index is 0.419. The summed E-state index contributed by atoms with van der Waals surface area (Å²) in [6.45, 7) is 6.18. The zero-order valence-corrected chi connectivity index (χ0v) is 12.3. The van der Waals surface area contributed by atoms with Gasteiger partial charge in [-0.15, -0.1) is 0 Å². The van der Waals surface area contributed by atoms with E-state index in [0.29, 0.717) is 5.41 Å². The molecular formula is C18H21NO. The normalized spacial score (nSPS) is 28.4. The van der Waals surface area contributed by atoms with Gasteiger partial charge in [-0.05, 0) is 61.4 Å². The van der Waals surface area contributed by atoms with Gasteiger partial charge in [0.15, 0.2) is 0 Å². The first-order chi connectivity index (χ1) is 9.73. The molecule has 1 saturated carbocycles. The van der Waals surface area contributed by atoms with Crippen molar-refractivity contribution in [1.82, 2.24) is 4.98 Å². The van der Waals surface area contributed by atoms with E-state index < -0.39 is 0 Å². The molecule has 1 saturated heterocycles. The topological polar surface area (TPSA) is 22.1 Å². The average Bonchev–Trinajstić information content (AvgIpc) is 3.21. The molecule has 2 unspecified atom stereocenters. The third-order valence-corrected chi connectivity index (χ3v) is 5.22. The van der Waals surface area contributed by atoms with Crippen LogP contribution in [0.15, 0.2) is 24.3 Å². The molecule has 0 spiro atoms. The largest absolute Gasteiger partial charge is 0.381 e. The van der Waals surface area contributed by atoms with Crippen LogP contribution < -0.4 is 0 Å². The van der Waals surface area contributed by atoms with Crippen LogP contribution in [0.4, 0.5) is 0 Å². The Bertz CT molecular complexity index is 678. The molecule has 104 valence electrons. The van der Waals surface area contributed by atoms with Crippen molar-refractivity contribution in [2.24, 2.45) is 5.92 Å². The number of hydrogen-bond acceptors (Lipinski definition) is 2. The number of nitrogens with zero attached hydrogens (tertiary/aromatic N) is 1. The predicted octanol–water partition coefficient (Wildman–Crippen LogP) is 3.78. The smallest absolute Gasteiger partial charge is 0.0708 e. The molecular weight excluding hydrogens is 246 g/mol. The third kappa shape index (κ3) is 1.71. The summed E-state index contributed by atoms with van der Waals surface area (Å²) < 4.78 is 5.61. The lowest BCUT2D eigenvalue weighted by atomic mass is 9.87. The van der Waals surface area contributed by atoms with Crippen LogP contribution in [0.1, 0.15) is 36.6 Å². The lowest BCUT2D eigenvalue weighted by Gasteiger charge is -2.23. The molecule has 2 aromatic rings. The highest BCUT2D eigenvalue weighted by Crippen LogP contribution is 2.59. The number of rotatable bonds is 2. The molecule has 2 atom stereocenters. The fourth-order valence-electron chi connectivity index (χ4n) is 3.93. The Labute approximate surface area is 120 Å². The van der Waals surface area contributed by atoms with Crippen LogP contribution in [0.3, 0.4) is 0 Å². The Hall–Kier alpha value is -1.41. The molecule has 0 bridgehead atoms. The summed E-state index contributed by atoms with van der Waals surface area (Å²) in [5.74, 6) is 0.747. The van der Waals surface area contributed by atoms with Gasteiger partial charge in [-0.1, -0.05) is 13.0 Å². The summed E-state index contributed by atoms with van der Waals surface area (Å²) in [7, 11) is 0. The summed E-state index contributed by atoms with van der Waals surface area (Å²) in [6.07, 6.45) is 3.56. The zero-order chi connectivity index (χ0) is 13.7. The van der Waals surface area contributed by atoms with Crippen LogP contribution in [-0.4, -0.2) is 18.2 Å². The predicted molar refractivity (Wildman–Crippen MR) is 81.1 cm³/mol. The molecule has 4 rings (SSSR count). The van der Waals surface area contributed by atoms with Crippen LogP contribution in [0.5, 0.6) is 0 Å². The standard InChI is InChI=1S/C18H21NO/c1-3-13-8-12(2)19-17-5-4-14(9-16(13)17)18-6-7-20-11-15(18)10-18/h4-5,8-9,15H,3,6-7,10-11H2,1-2H3. The molecule has 20 heavy (non-hydrogen) atoms. The Morgan fingerprint density at radius 3 is 3.05 bits per heavy atom. The molecule has 1 aliphatic heterocycles. The number of aryl methyl sites for hydroxylation is 2. The molecule has 2 heterocycles. The van der Waals surface area contributed by atoms with Gasteiger partial charge in [-0.2, -0.15) is 0 Å². The average molecular weight is 267 g/mol. The fraction of sp³-hybridized carbons (Fsp3) is 0.500. The van der Waals surface area contributed by atoms with Crippen LogP contribution in [0.2, 0.25) is 0 Å². The van der Waals surface area contributed by atoms with E-state index in [1.165, 1.54) is 29.4 Å². The van der Waals surface area contributed by atoms with Crippen LogP contribution in [0, 0.1) is 12.8 Å². The van der Waals surface area contributed by atoms with E-state index >= 15 is 0 Å². The van der Waals surface area contributed by atoms with E-state index in [1.807, 2.05) is 0 Å². The second-order valence-corrected chi connectivity index (χ2v) is 6.39. The van der Waals surface area contributed by atoms with E-state index in [2.05, 4.69) is 43.1 Å². The van der Waals surface area contributed by atoms with E-state index in [9.17, 15) is 0 Å². The molecule has 0 amide bonds. The van der Waals surface area contributed by atoms with Crippen LogP contribution in [-0.2, 0) is 16.6 Å². The number of ether oxygens (including phenoxy) is 1. The minimum Gasteiger partial charge on any atom is -0.381 e. The number of benzene rings is 1. The van der Waals surface area contributed by atoms with Crippen LogP contribution >= 0.6 is 0 Å². The molecule has 2 aliphatic rings. The molecule has 1 aliphatic carbocycles. The van der Waals surface area contributed by atoms with E-state index in [4.69, 9.17) is 4.74 Å². The number of aromatic nitrogens is 1. The second-order valence-electron chi connectivity index (χ2n) is 6.39. The van der Waals surface area contributed by atoms with Crippen molar-refractivity contribution in [3.05, 3.63) is 41.1 Å². The minimum absolute atomic E-state index is 0.419. The summed E-state index contributed by atoms with van der Waals surface area (Å²) >= 11 is 0. The summed E-state index contributed by atoms with van der Waals surface area (Å²) in [4.78, 5) is 4.68. The Morgan fingerprint density at radius 2 is 2.25 bits per heavy atom. The third-order valence-electron chi connectivity index (χ3n) is 5.22. The SMILES string of the molecule is CCc1cc(C)nc2ccc(C34CCOCC3C4)cc12. The Kier molecular flexibility index (Phi) is 2.65. The molecule has 1 aromatic carbocycles. The van der Waals surface area contributed by atoms with Gasteiger partial charge in [-0.25, -0.2) is 0 Å². The fourth-order valence-corrected chi connectivity index (χ4v) is 3.93. The van der Waals surface area contributed by atoms with Crippen LogP contribution in [0.25, 0.3) is 10.9 Å². The van der Waals surface area contributed by atoms with Crippen molar-refractivity contribution in [2.75, 3.05) is 13.2 Å². The molecule has 1 aromatic heterocycles. The van der Waals surface area contributed by atoms with Gasteiger partial charge in [0, 0.05) is 23.1 Å². The molecule has 2 fully saturated rings. The van der Waals surface area contributed by atoms with Crippen molar-refractivity contribution in [2.45, 2.75) is 38.5 Å². The Balaban J connectivity index is 1.85. The highest BCUT2D eigenvalue weighted by Gasteiger charge is 2.56. The number of pyridine rings is 1. The molecule has 2 nitrogen and oxygen atoms in total. The zero-order valence-electron chi connectivity index (χ0n) is 12.3. The van der Waals surface area contributed by atoms with Crippen molar-refractivity contribution in [1.29, 1.82) is 0 Å². The number of hydrogen-bond donors (Lipinski definition) is 0. The van der Waals surface area contributed by atoms with Gasteiger partial charge in [0.2, 0.25) is 0 Å². The van der Waals surface area contributed by atoms with Gasteiger partial charge in [0.25, 0.3) is 0 Å². The highest BCUT2D eigenvalue weighted by atomic mass is 16.5. The molecule has 2 heteroatoms. The maximum Gasteiger partial charge on any atom is 0.0708 e. The van der Waals surface area contributed by atoms with Crippen molar-refractivity contribution < 1.29 is 4.74 Å². The van der Waals surface area contributed by atoms with Gasteiger partial charge in [0.05, 0.1) is 12.1 Å². The van der Waals surface area contributed by atoms with Gasteiger partial charge < -0.3 is 4.74 Å². The maximum absolute atomic E-state index is 5.61. The quantitative estimate of drug-likeness (QED) is 0.826. The first kappa shape index (κ1) is 12.3. The summed E-state index contributed by atoms with van der Waals surface area (Å²) in [6, 6.07) is 9.17. The highest BCUT2D eigenvalue weighted by molar-refractivity contribution is 5.83.